The van der Waals surface area contributed by atoms with E-state index in [1.807, 2.05) is 24.3 Å². The van der Waals surface area contributed by atoms with Crippen LogP contribution in [-0.4, -0.2) is 61.0 Å². The van der Waals surface area contributed by atoms with Gasteiger partial charge in [0.1, 0.15) is 18.2 Å². The first-order valence-corrected chi connectivity index (χ1v) is 11.5. The molecule has 2 fully saturated rings. The third-order valence-electron chi connectivity index (χ3n) is 6.49. The first kappa shape index (κ1) is 24.5. The standard InChI is InChI=1S/C25H29F3N2O4/c1-2-33-23(25(31)32)9-15-3-5-17(6-4-15)34-8-7-29-24-18-13-30(14-19(18)24)12-16-10-21(27)22(28)11-20(16)26/h3-6,10-11,18-19,23-24,29H,2,7-9,12-14H2,1H3,(H,31,32)/t18-,19?,23+,24+/m0/s1. The smallest absolute Gasteiger partial charge is 0.333 e. The highest BCUT2D eigenvalue weighted by Gasteiger charge is 2.55. The minimum atomic E-state index is -1.17. The number of nitrogens with one attached hydrogen (secondary N) is 1. The first-order chi connectivity index (χ1) is 16.4. The summed E-state index contributed by atoms with van der Waals surface area (Å²) in [6.07, 6.45) is -0.555. The van der Waals surface area contributed by atoms with Gasteiger partial charge in [-0.05, 0) is 42.5 Å². The Kier molecular flexibility index (Phi) is 7.75. The van der Waals surface area contributed by atoms with Gasteiger partial charge in [-0.15, -0.1) is 0 Å². The van der Waals surface area contributed by atoms with Crippen LogP contribution in [0, 0.1) is 29.3 Å². The molecule has 1 aliphatic carbocycles. The van der Waals surface area contributed by atoms with Gasteiger partial charge < -0.3 is 19.9 Å². The van der Waals surface area contributed by atoms with Crippen molar-refractivity contribution in [2.75, 3.05) is 32.8 Å². The molecular formula is C25H29F3N2O4. The Balaban J connectivity index is 1.14. The van der Waals surface area contributed by atoms with Gasteiger partial charge in [-0.3, -0.25) is 4.90 Å². The van der Waals surface area contributed by atoms with Crippen LogP contribution in [0.15, 0.2) is 36.4 Å². The van der Waals surface area contributed by atoms with Crippen LogP contribution in [-0.2, 0) is 22.5 Å². The highest BCUT2D eigenvalue weighted by Crippen LogP contribution is 2.45. The number of ether oxygens (including phenoxy) is 2. The monoisotopic (exact) mass is 478 g/mol. The maximum atomic E-state index is 13.9. The fraction of sp³-hybridized carbons (Fsp3) is 0.480. The quantitative estimate of drug-likeness (QED) is 0.361. The minimum absolute atomic E-state index is 0.181. The van der Waals surface area contributed by atoms with Crippen molar-refractivity contribution >= 4 is 5.97 Å². The van der Waals surface area contributed by atoms with E-state index in [4.69, 9.17) is 9.47 Å². The van der Waals surface area contributed by atoms with Gasteiger partial charge in [-0.25, -0.2) is 18.0 Å². The van der Waals surface area contributed by atoms with Gasteiger partial charge in [0, 0.05) is 56.9 Å². The number of hydrogen-bond acceptors (Lipinski definition) is 5. The summed E-state index contributed by atoms with van der Waals surface area (Å²) in [7, 11) is 0. The Morgan fingerprint density at radius 1 is 1.12 bits per heavy atom. The molecule has 184 valence electrons. The second kappa shape index (κ2) is 10.8. The number of carboxylic acid groups (broad SMARTS) is 1. The van der Waals surface area contributed by atoms with Gasteiger partial charge in [0.25, 0.3) is 0 Å². The molecule has 4 atom stereocenters. The van der Waals surface area contributed by atoms with E-state index in [1.165, 1.54) is 0 Å². The number of hydrogen-bond donors (Lipinski definition) is 2. The second-order valence-electron chi connectivity index (χ2n) is 8.84. The third-order valence-corrected chi connectivity index (χ3v) is 6.49. The molecule has 0 spiro atoms. The van der Waals surface area contributed by atoms with E-state index in [0.717, 1.165) is 24.7 Å². The zero-order valence-electron chi connectivity index (χ0n) is 19.0. The molecule has 0 bridgehead atoms. The summed E-state index contributed by atoms with van der Waals surface area (Å²) in [6, 6.07) is 9.26. The molecule has 34 heavy (non-hydrogen) atoms. The lowest BCUT2D eigenvalue weighted by Gasteiger charge is -2.20. The number of halogens is 3. The molecule has 4 rings (SSSR count). The fourth-order valence-corrected chi connectivity index (χ4v) is 4.72. The van der Waals surface area contributed by atoms with Crippen LogP contribution < -0.4 is 10.1 Å². The largest absolute Gasteiger partial charge is 0.492 e. The van der Waals surface area contributed by atoms with E-state index < -0.39 is 29.5 Å². The van der Waals surface area contributed by atoms with E-state index in [2.05, 4.69) is 10.2 Å². The number of piperidine rings is 1. The Morgan fingerprint density at radius 2 is 1.79 bits per heavy atom. The van der Waals surface area contributed by atoms with Gasteiger partial charge >= 0.3 is 5.97 Å². The van der Waals surface area contributed by atoms with Crippen LogP contribution in [0.25, 0.3) is 0 Å². The predicted molar refractivity (Wildman–Crippen MR) is 119 cm³/mol. The highest BCUT2D eigenvalue weighted by atomic mass is 19.2. The summed E-state index contributed by atoms with van der Waals surface area (Å²) < 4.78 is 51.4. The molecule has 1 heterocycles. The van der Waals surface area contributed by atoms with Crippen molar-refractivity contribution in [3.63, 3.8) is 0 Å². The van der Waals surface area contributed by atoms with Gasteiger partial charge in [0.2, 0.25) is 0 Å². The van der Waals surface area contributed by atoms with Crippen molar-refractivity contribution in [1.29, 1.82) is 0 Å². The predicted octanol–water partition coefficient (Wildman–Crippen LogP) is 3.23. The zero-order valence-corrected chi connectivity index (χ0v) is 19.0. The molecule has 6 nitrogen and oxygen atoms in total. The number of carbonyl (C=O) groups is 1. The Bertz CT molecular complexity index is 992. The summed E-state index contributed by atoms with van der Waals surface area (Å²) in [5.41, 5.74) is 1.05. The van der Waals surface area contributed by atoms with Crippen molar-refractivity contribution in [3.8, 4) is 5.75 Å². The number of aliphatic carboxylic acids is 1. The summed E-state index contributed by atoms with van der Waals surface area (Å²) in [6.45, 7) is 5.16. The van der Waals surface area contributed by atoms with Crippen LogP contribution in [0.4, 0.5) is 13.2 Å². The van der Waals surface area contributed by atoms with E-state index in [1.54, 1.807) is 6.92 Å². The maximum absolute atomic E-state index is 13.9. The Morgan fingerprint density at radius 3 is 2.44 bits per heavy atom. The van der Waals surface area contributed by atoms with Crippen molar-refractivity contribution in [1.82, 2.24) is 10.2 Å². The van der Waals surface area contributed by atoms with Gasteiger partial charge in [-0.2, -0.15) is 0 Å². The normalized spacial score (nSPS) is 22.4. The zero-order chi connectivity index (χ0) is 24.2. The van der Waals surface area contributed by atoms with Crippen molar-refractivity contribution < 1.29 is 32.5 Å². The maximum Gasteiger partial charge on any atom is 0.333 e. The van der Waals surface area contributed by atoms with Crippen LogP contribution >= 0.6 is 0 Å². The van der Waals surface area contributed by atoms with Crippen LogP contribution in [0.2, 0.25) is 0 Å². The lowest BCUT2D eigenvalue weighted by molar-refractivity contribution is -0.149. The number of nitrogens with zero attached hydrogens (tertiary/aromatic N) is 1. The van der Waals surface area contributed by atoms with Crippen LogP contribution in [0.3, 0.4) is 0 Å². The molecule has 0 amide bonds. The van der Waals surface area contributed by atoms with E-state index in [0.29, 0.717) is 55.9 Å². The second-order valence-corrected chi connectivity index (χ2v) is 8.84. The van der Waals surface area contributed by atoms with Crippen LogP contribution in [0.1, 0.15) is 18.1 Å². The average molecular weight is 479 g/mol. The summed E-state index contributed by atoms with van der Waals surface area (Å²) in [5.74, 6) is -2.22. The summed E-state index contributed by atoms with van der Waals surface area (Å²) in [5, 5.41) is 12.7. The number of rotatable bonds is 12. The van der Waals surface area contributed by atoms with Gasteiger partial charge in [-0.1, -0.05) is 12.1 Å². The Labute approximate surface area is 196 Å². The highest BCUT2D eigenvalue weighted by molar-refractivity contribution is 5.72. The number of benzene rings is 2. The number of fused-ring (bicyclic) bond motifs is 1. The molecular weight excluding hydrogens is 449 g/mol. The molecule has 1 saturated carbocycles. The molecule has 2 aliphatic rings. The summed E-state index contributed by atoms with van der Waals surface area (Å²) in [4.78, 5) is 13.3. The topological polar surface area (TPSA) is 71.0 Å². The molecule has 1 unspecified atom stereocenters. The van der Waals surface area contributed by atoms with E-state index in [9.17, 15) is 23.1 Å². The molecule has 2 aromatic rings. The molecule has 9 heteroatoms. The Hall–Kier alpha value is -2.62. The van der Waals surface area contributed by atoms with E-state index >= 15 is 0 Å². The lowest BCUT2D eigenvalue weighted by Crippen LogP contribution is -2.33. The van der Waals surface area contributed by atoms with E-state index in [-0.39, 0.29) is 12.1 Å². The first-order valence-electron chi connectivity index (χ1n) is 11.5. The third kappa shape index (κ3) is 5.89. The minimum Gasteiger partial charge on any atom is -0.492 e. The molecule has 2 aromatic carbocycles. The molecule has 0 radical (unpaired) electrons. The fourth-order valence-electron chi connectivity index (χ4n) is 4.72. The molecule has 1 saturated heterocycles. The van der Waals surface area contributed by atoms with Crippen molar-refractivity contribution in [2.45, 2.75) is 32.0 Å². The van der Waals surface area contributed by atoms with Gasteiger partial charge in [0.05, 0.1) is 0 Å². The average Bonchev–Trinajstić information content (AvgIpc) is 3.25. The number of likely N-dealkylation sites (tertiary alicyclic amines) is 1. The lowest BCUT2D eigenvalue weighted by atomic mass is 10.1. The van der Waals surface area contributed by atoms with Crippen LogP contribution in [0.5, 0.6) is 5.75 Å². The number of carboxylic acids is 1. The molecule has 2 N–H and O–H groups in total. The SMILES string of the molecule is CCO[C@H](Cc1ccc(OCCN[C@H]2C3CN(Cc4cc(F)c(F)cc4F)C[C@@H]32)cc1)C(=O)O. The van der Waals surface area contributed by atoms with Crippen molar-refractivity contribution in [2.24, 2.45) is 11.8 Å². The summed E-state index contributed by atoms with van der Waals surface area (Å²) >= 11 is 0. The molecule has 1 aliphatic heterocycles. The molecule has 0 aromatic heterocycles. The van der Waals surface area contributed by atoms with Gasteiger partial charge in [0.15, 0.2) is 17.7 Å². The van der Waals surface area contributed by atoms with Crippen molar-refractivity contribution in [3.05, 3.63) is 65.0 Å².